The summed E-state index contributed by atoms with van der Waals surface area (Å²) in [6.45, 7) is 1.81. The number of carbonyl (C=O) groups is 1. The zero-order valence-electron chi connectivity index (χ0n) is 13.5. The fraction of sp³-hybridized carbons (Fsp3) is 0.111. The van der Waals surface area contributed by atoms with Gasteiger partial charge in [-0.1, -0.05) is 53.7 Å². The minimum Gasteiger partial charge on any atom is -0.337 e. The third-order valence-corrected chi connectivity index (χ3v) is 4.86. The second-order valence-electron chi connectivity index (χ2n) is 5.44. The van der Waals surface area contributed by atoms with E-state index in [2.05, 4.69) is 10.3 Å². The molecule has 0 spiro atoms. The SMILES string of the molecule is C[C@H](Sc1nc(-c2ccccc2)cn1N)C(=O)Nc1ccc(Cl)cc1. The molecule has 0 aliphatic heterocycles. The van der Waals surface area contributed by atoms with E-state index in [0.29, 0.717) is 15.9 Å². The van der Waals surface area contributed by atoms with Gasteiger partial charge in [0, 0.05) is 16.3 Å². The number of thioether (sulfide) groups is 1. The molecule has 0 bridgehead atoms. The second-order valence-corrected chi connectivity index (χ2v) is 7.18. The average molecular weight is 373 g/mol. The molecule has 2 aromatic carbocycles. The van der Waals surface area contributed by atoms with Crippen LogP contribution in [0, 0.1) is 0 Å². The van der Waals surface area contributed by atoms with Gasteiger partial charge >= 0.3 is 0 Å². The predicted molar refractivity (Wildman–Crippen MR) is 103 cm³/mol. The summed E-state index contributed by atoms with van der Waals surface area (Å²) in [5, 5.41) is 3.70. The van der Waals surface area contributed by atoms with Crippen LogP contribution in [0.15, 0.2) is 66.0 Å². The lowest BCUT2D eigenvalue weighted by atomic mass is 10.2. The van der Waals surface area contributed by atoms with Crippen LogP contribution in [-0.4, -0.2) is 20.8 Å². The molecule has 1 amide bonds. The number of hydrogen-bond donors (Lipinski definition) is 2. The minimum absolute atomic E-state index is 0.128. The van der Waals surface area contributed by atoms with E-state index in [0.717, 1.165) is 11.3 Å². The van der Waals surface area contributed by atoms with E-state index >= 15 is 0 Å². The average Bonchev–Trinajstić information content (AvgIpc) is 2.98. The minimum atomic E-state index is -0.357. The number of hydrogen-bond acceptors (Lipinski definition) is 4. The van der Waals surface area contributed by atoms with Crippen LogP contribution in [0.3, 0.4) is 0 Å². The first-order chi connectivity index (χ1) is 12.0. The van der Waals surface area contributed by atoms with Gasteiger partial charge in [-0.25, -0.2) is 9.66 Å². The Bertz CT molecular complexity index is 865. The number of nitrogens with zero attached hydrogens (tertiary/aromatic N) is 2. The van der Waals surface area contributed by atoms with Crippen molar-refractivity contribution in [3.05, 3.63) is 65.8 Å². The molecule has 0 aliphatic rings. The monoisotopic (exact) mass is 372 g/mol. The van der Waals surface area contributed by atoms with E-state index < -0.39 is 0 Å². The third-order valence-electron chi connectivity index (χ3n) is 3.53. The summed E-state index contributed by atoms with van der Waals surface area (Å²) < 4.78 is 1.44. The van der Waals surface area contributed by atoms with Gasteiger partial charge < -0.3 is 11.2 Å². The van der Waals surface area contributed by atoms with Crippen molar-refractivity contribution >= 4 is 35.0 Å². The van der Waals surface area contributed by atoms with Crippen LogP contribution in [0.25, 0.3) is 11.3 Å². The number of carbonyl (C=O) groups excluding carboxylic acids is 1. The summed E-state index contributed by atoms with van der Waals surface area (Å²) in [5.74, 6) is 5.86. The second kappa shape index (κ2) is 7.63. The van der Waals surface area contributed by atoms with Crippen molar-refractivity contribution in [2.45, 2.75) is 17.3 Å². The molecule has 5 nitrogen and oxygen atoms in total. The lowest BCUT2D eigenvalue weighted by Gasteiger charge is -2.11. The van der Waals surface area contributed by atoms with E-state index in [-0.39, 0.29) is 11.2 Å². The fourth-order valence-electron chi connectivity index (χ4n) is 2.20. The first-order valence-electron chi connectivity index (χ1n) is 7.66. The highest BCUT2D eigenvalue weighted by atomic mass is 35.5. The van der Waals surface area contributed by atoms with Crippen LogP contribution >= 0.6 is 23.4 Å². The molecule has 0 fully saturated rings. The quantitative estimate of drug-likeness (QED) is 0.523. The van der Waals surface area contributed by atoms with Crippen molar-refractivity contribution in [3.8, 4) is 11.3 Å². The van der Waals surface area contributed by atoms with E-state index in [9.17, 15) is 4.79 Å². The molecule has 3 aromatic rings. The number of imidazole rings is 1. The van der Waals surface area contributed by atoms with Crippen LogP contribution in [0.2, 0.25) is 5.02 Å². The van der Waals surface area contributed by atoms with Crippen LogP contribution in [0.5, 0.6) is 0 Å². The number of rotatable bonds is 5. The molecule has 1 heterocycles. The van der Waals surface area contributed by atoms with Crippen LogP contribution in [-0.2, 0) is 4.79 Å². The summed E-state index contributed by atoms with van der Waals surface area (Å²) in [6.07, 6.45) is 1.75. The maximum Gasteiger partial charge on any atom is 0.237 e. The molecule has 7 heteroatoms. The number of anilines is 1. The van der Waals surface area contributed by atoms with Gasteiger partial charge in [-0.2, -0.15) is 0 Å². The molecule has 1 atom stereocenters. The van der Waals surface area contributed by atoms with Gasteiger partial charge in [0.05, 0.1) is 17.1 Å². The van der Waals surface area contributed by atoms with Crippen LogP contribution < -0.4 is 11.2 Å². The first kappa shape index (κ1) is 17.4. The number of nitrogens with two attached hydrogens (primary N) is 1. The molecular weight excluding hydrogens is 356 g/mol. The van der Waals surface area contributed by atoms with Crippen LogP contribution in [0.1, 0.15) is 6.92 Å². The van der Waals surface area contributed by atoms with E-state index in [1.54, 1.807) is 30.5 Å². The van der Waals surface area contributed by atoms with Gasteiger partial charge in [0.25, 0.3) is 0 Å². The fourth-order valence-corrected chi connectivity index (χ4v) is 3.13. The van der Waals surface area contributed by atoms with Gasteiger partial charge in [0.1, 0.15) is 0 Å². The first-order valence-corrected chi connectivity index (χ1v) is 8.91. The molecule has 3 N–H and O–H groups in total. The molecular formula is C18H17ClN4OS. The van der Waals surface area contributed by atoms with Crippen molar-refractivity contribution in [2.75, 3.05) is 11.2 Å². The van der Waals surface area contributed by atoms with Gasteiger partial charge in [-0.05, 0) is 31.2 Å². The topological polar surface area (TPSA) is 72.9 Å². The normalized spacial score (nSPS) is 11.9. The largest absolute Gasteiger partial charge is 0.337 e. The van der Waals surface area contributed by atoms with E-state index in [1.807, 2.05) is 37.3 Å². The highest BCUT2D eigenvalue weighted by Gasteiger charge is 2.18. The summed E-state index contributed by atoms with van der Waals surface area (Å²) in [7, 11) is 0. The lowest BCUT2D eigenvalue weighted by Crippen LogP contribution is -2.23. The summed E-state index contributed by atoms with van der Waals surface area (Å²) in [6, 6.07) is 16.7. The Hall–Kier alpha value is -2.44. The van der Waals surface area contributed by atoms with E-state index in [4.69, 9.17) is 17.4 Å². The molecule has 0 unspecified atom stereocenters. The Balaban J connectivity index is 1.68. The maximum atomic E-state index is 12.3. The Morgan fingerprint density at radius 2 is 1.88 bits per heavy atom. The van der Waals surface area contributed by atoms with Crippen molar-refractivity contribution in [3.63, 3.8) is 0 Å². The van der Waals surface area contributed by atoms with Gasteiger partial charge in [0.15, 0.2) is 5.16 Å². The van der Waals surface area contributed by atoms with Crippen molar-refractivity contribution in [1.29, 1.82) is 0 Å². The highest BCUT2D eigenvalue weighted by Crippen LogP contribution is 2.26. The number of aromatic nitrogens is 2. The van der Waals surface area contributed by atoms with Crippen LogP contribution in [0.4, 0.5) is 5.69 Å². The van der Waals surface area contributed by atoms with Gasteiger partial charge in [0.2, 0.25) is 5.91 Å². The molecule has 3 rings (SSSR count). The Morgan fingerprint density at radius 1 is 1.20 bits per heavy atom. The summed E-state index contributed by atoms with van der Waals surface area (Å²) >= 11 is 7.15. The molecule has 0 radical (unpaired) electrons. The molecule has 0 aliphatic carbocycles. The number of benzene rings is 2. The Morgan fingerprint density at radius 3 is 2.56 bits per heavy atom. The maximum absolute atomic E-state index is 12.3. The highest BCUT2D eigenvalue weighted by molar-refractivity contribution is 8.00. The van der Waals surface area contributed by atoms with Crippen molar-refractivity contribution < 1.29 is 4.79 Å². The number of nitrogen functional groups attached to an aromatic ring is 1. The summed E-state index contributed by atoms with van der Waals surface area (Å²) in [4.78, 5) is 16.9. The number of amides is 1. The molecule has 1 aromatic heterocycles. The molecule has 128 valence electrons. The predicted octanol–water partition coefficient (Wildman–Crippen LogP) is 4.04. The van der Waals surface area contributed by atoms with Crippen molar-refractivity contribution in [2.24, 2.45) is 0 Å². The lowest BCUT2D eigenvalue weighted by molar-refractivity contribution is -0.115. The number of halogens is 1. The van der Waals surface area contributed by atoms with Crippen molar-refractivity contribution in [1.82, 2.24) is 9.66 Å². The zero-order chi connectivity index (χ0) is 17.8. The third kappa shape index (κ3) is 4.35. The van der Waals surface area contributed by atoms with Gasteiger partial charge in [-0.3, -0.25) is 4.79 Å². The molecule has 0 saturated carbocycles. The standard InChI is InChI=1S/C18H17ClN4OS/c1-12(17(24)21-15-9-7-14(19)8-10-15)25-18-22-16(11-23(18)20)13-5-3-2-4-6-13/h2-12H,20H2,1H3,(H,21,24)/t12-/m0/s1. The smallest absolute Gasteiger partial charge is 0.237 e. The Labute approximate surface area is 155 Å². The van der Waals surface area contributed by atoms with Gasteiger partial charge in [-0.15, -0.1) is 0 Å². The Kier molecular flexibility index (Phi) is 5.31. The summed E-state index contributed by atoms with van der Waals surface area (Å²) in [5.41, 5.74) is 2.45. The zero-order valence-corrected chi connectivity index (χ0v) is 15.1. The molecule has 0 saturated heterocycles. The molecule has 25 heavy (non-hydrogen) atoms. The number of nitrogens with one attached hydrogen (secondary N) is 1. The van der Waals surface area contributed by atoms with E-state index in [1.165, 1.54) is 16.4 Å².